The average molecular weight is 559 g/mol. The van der Waals surface area contributed by atoms with Gasteiger partial charge in [-0.25, -0.2) is 18.0 Å². The van der Waals surface area contributed by atoms with Gasteiger partial charge in [-0.3, -0.25) is 4.57 Å². The number of nitrogens with zero attached hydrogens (tertiary/aromatic N) is 3. The smallest absolute Gasteiger partial charge is 0.343 e. The van der Waals surface area contributed by atoms with Gasteiger partial charge in [0, 0.05) is 37.0 Å². The van der Waals surface area contributed by atoms with Gasteiger partial charge in [0.15, 0.2) is 0 Å². The molecule has 0 spiro atoms. The van der Waals surface area contributed by atoms with Crippen LogP contribution in [0.5, 0.6) is 11.5 Å². The number of rotatable bonds is 9. The monoisotopic (exact) mass is 558 g/mol. The van der Waals surface area contributed by atoms with Crippen molar-refractivity contribution >= 4 is 32.8 Å². The third kappa shape index (κ3) is 5.63. The Labute approximate surface area is 229 Å². The number of benzene rings is 2. The minimum Gasteiger partial charge on any atom is -0.495 e. The maximum atomic E-state index is 14.1. The van der Waals surface area contributed by atoms with Gasteiger partial charge in [0.25, 0.3) is 10.0 Å². The van der Waals surface area contributed by atoms with Crippen molar-refractivity contribution < 1.29 is 22.7 Å². The van der Waals surface area contributed by atoms with E-state index in [-0.39, 0.29) is 28.2 Å². The van der Waals surface area contributed by atoms with Gasteiger partial charge < -0.3 is 19.7 Å². The summed E-state index contributed by atoms with van der Waals surface area (Å²) in [6.45, 7) is 7.14. The number of amides is 2. The van der Waals surface area contributed by atoms with Gasteiger partial charge >= 0.3 is 11.7 Å². The van der Waals surface area contributed by atoms with Crippen LogP contribution in [0.4, 0.5) is 10.5 Å². The molecule has 1 fully saturated rings. The Hall–Kier alpha value is -3.47. The molecule has 39 heavy (non-hydrogen) atoms. The zero-order chi connectivity index (χ0) is 28.2. The van der Waals surface area contributed by atoms with Crippen molar-refractivity contribution in [3.8, 4) is 11.5 Å². The highest BCUT2D eigenvalue weighted by Gasteiger charge is 2.31. The molecule has 0 unspecified atom stereocenters. The molecule has 1 heterocycles. The van der Waals surface area contributed by atoms with Crippen molar-refractivity contribution in [1.82, 2.24) is 13.4 Å². The first-order valence-electron chi connectivity index (χ1n) is 13.7. The van der Waals surface area contributed by atoms with Crippen LogP contribution in [0.2, 0.25) is 0 Å². The number of aromatic nitrogens is 2. The summed E-state index contributed by atoms with van der Waals surface area (Å²) in [6, 6.07) is 8.97. The molecule has 0 bridgehead atoms. The number of carbonyl (C=O) groups excluding carboxylic acids is 1. The number of hydrogen-bond acceptors (Lipinski definition) is 6. The SMILES string of the molecule is CCOc1ccc2c(c1)n(C1CCCCCC1)c(=O)n2S(=O)(=O)c1ccc(NC(=O)N(CC)CC)cc1OC. The number of anilines is 1. The number of urea groups is 1. The summed E-state index contributed by atoms with van der Waals surface area (Å²) in [7, 11) is -3.01. The lowest BCUT2D eigenvalue weighted by Crippen LogP contribution is -2.34. The standard InChI is InChI=1S/C28H38N4O6S/c1-5-30(6-2)27(33)29-20-14-17-26(25(18-20)37-4)39(35,36)32-23-16-15-22(38-7-3)19-24(23)31(28(32)34)21-12-10-8-9-11-13-21/h14-19,21H,5-13H2,1-4H3,(H,29,33). The van der Waals surface area contributed by atoms with E-state index in [1.165, 1.54) is 25.3 Å². The molecule has 1 aromatic heterocycles. The van der Waals surface area contributed by atoms with Crippen molar-refractivity contribution in [2.45, 2.75) is 70.2 Å². The molecule has 212 valence electrons. The van der Waals surface area contributed by atoms with E-state index in [2.05, 4.69) is 5.32 Å². The highest BCUT2D eigenvalue weighted by Crippen LogP contribution is 2.34. The molecule has 1 N–H and O–H groups in total. The van der Waals surface area contributed by atoms with Crippen molar-refractivity contribution in [1.29, 1.82) is 0 Å². The summed E-state index contributed by atoms with van der Waals surface area (Å²) < 4.78 is 41.8. The number of nitrogens with one attached hydrogen (secondary N) is 1. The lowest BCUT2D eigenvalue weighted by atomic mass is 10.1. The maximum absolute atomic E-state index is 14.1. The number of carbonyl (C=O) groups is 1. The van der Waals surface area contributed by atoms with Crippen LogP contribution < -0.4 is 20.5 Å². The fourth-order valence-corrected chi connectivity index (χ4v) is 6.84. The number of ether oxygens (including phenoxy) is 2. The summed E-state index contributed by atoms with van der Waals surface area (Å²) >= 11 is 0. The molecule has 0 aliphatic heterocycles. The molecule has 11 heteroatoms. The number of imidazole rings is 1. The van der Waals surface area contributed by atoms with Crippen molar-refractivity contribution in [3.63, 3.8) is 0 Å². The average Bonchev–Trinajstić information content (AvgIpc) is 3.05. The quantitative estimate of drug-likeness (QED) is 0.361. The minimum atomic E-state index is -4.37. The fraction of sp³-hybridized carbons (Fsp3) is 0.500. The molecule has 2 aromatic carbocycles. The van der Waals surface area contributed by atoms with Gasteiger partial charge in [0.1, 0.15) is 16.4 Å². The van der Waals surface area contributed by atoms with Crippen LogP contribution in [0, 0.1) is 0 Å². The third-order valence-electron chi connectivity index (χ3n) is 7.29. The summed E-state index contributed by atoms with van der Waals surface area (Å²) in [5.74, 6) is 0.605. The zero-order valence-electron chi connectivity index (χ0n) is 23.1. The van der Waals surface area contributed by atoms with Crippen LogP contribution in [0.25, 0.3) is 11.0 Å². The molecule has 1 saturated carbocycles. The van der Waals surface area contributed by atoms with Crippen molar-refractivity contribution in [2.24, 2.45) is 0 Å². The van der Waals surface area contributed by atoms with Gasteiger partial charge in [-0.2, -0.15) is 3.97 Å². The topological polar surface area (TPSA) is 112 Å². The van der Waals surface area contributed by atoms with E-state index in [0.717, 1.165) is 42.5 Å². The van der Waals surface area contributed by atoms with Crippen LogP contribution in [-0.2, 0) is 10.0 Å². The van der Waals surface area contributed by atoms with E-state index >= 15 is 0 Å². The third-order valence-corrected chi connectivity index (χ3v) is 9.02. The summed E-state index contributed by atoms with van der Waals surface area (Å²) in [5.41, 5.74) is 0.598. The first kappa shape index (κ1) is 28.5. The van der Waals surface area contributed by atoms with Crippen molar-refractivity contribution in [3.05, 3.63) is 46.9 Å². The maximum Gasteiger partial charge on any atom is 0.343 e. The Bertz CT molecular complexity index is 1480. The second kappa shape index (κ2) is 12.1. The number of fused-ring (bicyclic) bond motifs is 1. The predicted molar refractivity (Wildman–Crippen MR) is 152 cm³/mol. The highest BCUT2D eigenvalue weighted by atomic mass is 32.2. The molecule has 0 radical (unpaired) electrons. The Morgan fingerprint density at radius 3 is 2.31 bits per heavy atom. The minimum absolute atomic E-state index is 0.0283. The van der Waals surface area contributed by atoms with Crippen LogP contribution in [0.15, 0.2) is 46.1 Å². The van der Waals surface area contributed by atoms with E-state index in [4.69, 9.17) is 9.47 Å². The molecule has 1 aliphatic rings. The lowest BCUT2D eigenvalue weighted by molar-refractivity contribution is 0.217. The number of hydrogen-bond donors (Lipinski definition) is 1. The zero-order valence-corrected chi connectivity index (χ0v) is 23.9. The van der Waals surface area contributed by atoms with Gasteiger partial charge in [0.05, 0.1) is 24.8 Å². The van der Waals surface area contributed by atoms with E-state index < -0.39 is 15.7 Å². The fourth-order valence-electron chi connectivity index (χ4n) is 5.30. The summed E-state index contributed by atoms with van der Waals surface area (Å²) in [5, 5.41) is 2.77. The van der Waals surface area contributed by atoms with E-state index in [0.29, 0.717) is 36.6 Å². The Kier molecular flexibility index (Phi) is 8.89. The predicted octanol–water partition coefficient (Wildman–Crippen LogP) is 5.22. The molecule has 0 atom stereocenters. The van der Waals surface area contributed by atoms with Crippen LogP contribution in [0.3, 0.4) is 0 Å². The molecule has 3 aromatic rings. The Morgan fingerprint density at radius 2 is 1.69 bits per heavy atom. The summed E-state index contributed by atoms with van der Waals surface area (Å²) in [4.78, 5) is 27.9. The van der Waals surface area contributed by atoms with Crippen LogP contribution in [-0.4, -0.2) is 54.7 Å². The van der Waals surface area contributed by atoms with Gasteiger partial charge in [0.2, 0.25) is 0 Å². The Balaban J connectivity index is 1.84. The molecule has 2 amide bonds. The molecule has 4 rings (SSSR count). The lowest BCUT2D eigenvalue weighted by Gasteiger charge is -2.20. The molecular formula is C28H38N4O6S. The normalized spacial score (nSPS) is 14.7. The van der Waals surface area contributed by atoms with E-state index in [1.807, 2.05) is 20.8 Å². The largest absolute Gasteiger partial charge is 0.495 e. The first-order valence-corrected chi connectivity index (χ1v) is 15.1. The van der Waals surface area contributed by atoms with Crippen LogP contribution >= 0.6 is 0 Å². The second-order valence-electron chi connectivity index (χ2n) is 9.62. The van der Waals surface area contributed by atoms with Crippen molar-refractivity contribution in [2.75, 3.05) is 32.1 Å². The Morgan fingerprint density at radius 1 is 1.00 bits per heavy atom. The van der Waals surface area contributed by atoms with Gasteiger partial charge in [-0.15, -0.1) is 0 Å². The summed E-state index contributed by atoms with van der Waals surface area (Å²) in [6.07, 6.45) is 5.78. The van der Waals surface area contributed by atoms with Gasteiger partial charge in [-0.1, -0.05) is 25.7 Å². The second-order valence-corrected chi connectivity index (χ2v) is 11.4. The highest BCUT2D eigenvalue weighted by molar-refractivity contribution is 7.90. The molecule has 10 nitrogen and oxygen atoms in total. The van der Waals surface area contributed by atoms with E-state index in [1.54, 1.807) is 27.7 Å². The van der Waals surface area contributed by atoms with E-state index in [9.17, 15) is 18.0 Å². The van der Waals surface area contributed by atoms with Crippen LogP contribution in [0.1, 0.15) is 65.3 Å². The van der Waals surface area contributed by atoms with Gasteiger partial charge in [-0.05, 0) is 57.9 Å². The molecule has 0 saturated heterocycles. The molecular weight excluding hydrogens is 520 g/mol. The number of methoxy groups -OCH3 is 1. The first-order chi connectivity index (χ1) is 18.8. The molecule has 1 aliphatic carbocycles.